The fraction of sp³-hybridized carbons (Fsp3) is 0.231. The molecule has 102 valence electrons. The van der Waals surface area contributed by atoms with E-state index in [2.05, 4.69) is 5.43 Å². The summed E-state index contributed by atoms with van der Waals surface area (Å²) < 4.78 is 19.7. The second-order valence-electron chi connectivity index (χ2n) is 4.00. The molecule has 6 heteroatoms. The Labute approximate surface area is 120 Å². The van der Waals surface area contributed by atoms with E-state index in [1.54, 1.807) is 24.3 Å². The van der Waals surface area contributed by atoms with Crippen LogP contribution in [0.2, 0.25) is 4.34 Å². The van der Waals surface area contributed by atoms with E-state index in [4.69, 9.17) is 22.2 Å². The SMILES string of the molecule is COc1cccc(CC(NN)c2ccc(Cl)s2)c1F. The van der Waals surface area contributed by atoms with Crippen LogP contribution in [0.4, 0.5) is 4.39 Å². The monoisotopic (exact) mass is 300 g/mol. The zero-order chi connectivity index (χ0) is 13.8. The minimum atomic E-state index is -0.354. The van der Waals surface area contributed by atoms with Gasteiger partial charge in [0.1, 0.15) is 0 Å². The van der Waals surface area contributed by atoms with Gasteiger partial charge < -0.3 is 4.74 Å². The first-order valence-corrected chi connectivity index (χ1v) is 6.88. The predicted octanol–water partition coefficient (Wildman–Crippen LogP) is 3.30. The molecule has 0 aliphatic rings. The zero-order valence-corrected chi connectivity index (χ0v) is 11.9. The van der Waals surface area contributed by atoms with Crippen molar-refractivity contribution in [2.75, 3.05) is 7.11 Å². The van der Waals surface area contributed by atoms with Gasteiger partial charge in [-0.05, 0) is 30.2 Å². The Morgan fingerprint density at radius 3 is 2.79 bits per heavy atom. The highest BCUT2D eigenvalue weighted by molar-refractivity contribution is 7.16. The Morgan fingerprint density at radius 2 is 2.21 bits per heavy atom. The topological polar surface area (TPSA) is 47.3 Å². The normalized spacial score (nSPS) is 12.4. The lowest BCUT2D eigenvalue weighted by molar-refractivity contribution is 0.382. The van der Waals surface area contributed by atoms with Gasteiger partial charge >= 0.3 is 0 Å². The van der Waals surface area contributed by atoms with E-state index in [0.29, 0.717) is 16.3 Å². The van der Waals surface area contributed by atoms with Crippen molar-refractivity contribution in [3.05, 3.63) is 50.9 Å². The second-order valence-corrected chi connectivity index (χ2v) is 5.75. The van der Waals surface area contributed by atoms with Gasteiger partial charge in [-0.3, -0.25) is 11.3 Å². The highest BCUT2D eigenvalue weighted by atomic mass is 35.5. The van der Waals surface area contributed by atoms with E-state index in [0.717, 1.165) is 4.88 Å². The van der Waals surface area contributed by atoms with Gasteiger partial charge in [0.05, 0.1) is 17.5 Å². The van der Waals surface area contributed by atoms with Gasteiger partial charge in [-0.1, -0.05) is 23.7 Å². The Balaban J connectivity index is 2.23. The van der Waals surface area contributed by atoms with Crippen LogP contribution < -0.4 is 16.0 Å². The van der Waals surface area contributed by atoms with Crippen molar-refractivity contribution in [2.45, 2.75) is 12.5 Å². The third-order valence-electron chi connectivity index (χ3n) is 2.83. The van der Waals surface area contributed by atoms with Crippen molar-refractivity contribution in [3.8, 4) is 5.75 Å². The Morgan fingerprint density at radius 1 is 1.42 bits per heavy atom. The zero-order valence-electron chi connectivity index (χ0n) is 10.3. The van der Waals surface area contributed by atoms with Crippen LogP contribution in [0.1, 0.15) is 16.5 Å². The van der Waals surface area contributed by atoms with Gasteiger partial charge in [-0.15, -0.1) is 11.3 Å². The molecule has 1 atom stereocenters. The van der Waals surface area contributed by atoms with Gasteiger partial charge in [0, 0.05) is 4.88 Å². The minimum Gasteiger partial charge on any atom is -0.494 e. The molecule has 3 N–H and O–H groups in total. The molecular formula is C13H14ClFN2OS. The standard InChI is InChI=1S/C13H14ClFN2OS/c1-18-10-4-2-3-8(13(10)15)7-9(17-16)11-5-6-12(14)19-11/h2-6,9,17H,7,16H2,1H3. The number of hydrazine groups is 1. The maximum atomic E-state index is 14.1. The number of ether oxygens (including phenoxy) is 1. The molecule has 2 aromatic rings. The molecule has 2 rings (SSSR count). The summed E-state index contributed by atoms with van der Waals surface area (Å²) in [5, 5.41) is 0. The van der Waals surface area contributed by atoms with Gasteiger partial charge in [-0.2, -0.15) is 0 Å². The molecule has 0 amide bonds. The van der Waals surface area contributed by atoms with Crippen LogP contribution in [0.25, 0.3) is 0 Å². The lowest BCUT2D eigenvalue weighted by atomic mass is 10.0. The van der Waals surface area contributed by atoms with E-state index < -0.39 is 0 Å². The summed E-state index contributed by atoms with van der Waals surface area (Å²) in [6, 6.07) is 8.57. The van der Waals surface area contributed by atoms with Crippen LogP contribution in [0.5, 0.6) is 5.75 Å². The van der Waals surface area contributed by atoms with Crippen molar-refractivity contribution in [1.82, 2.24) is 5.43 Å². The van der Waals surface area contributed by atoms with E-state index in [1.165, 1.54) is 18.4 Å². The molecule has 1 aromatic carbocycles. The van der Waals surface area contributed by atoms with Crippen molar-refractivity contribution in [3.63, 3.8) is 0 Å². The van der Waals surface area contributed by atoms with Gasteiger partial charge in [0.15, 0.2) is 11.6 Å². The Kier molecular flexibility index (Phi) is 4.76. The van der Waals surface area contributed by atoms with Crippen molar-refractivity contribution < 1.29 is 9.13 Å². The van der Waals surface area contributed by atoms with Crippen molar-refractivity contribution >= 4 is 22.9 Å². The maximum absolute atomic E-state index is 14.1. The first kappa shape index (κ1) is 14.3. The molecule has 1 aromatic heterocycles. The Bertz CT molecular complexity index is 561. The summed E-state index contributed by atoms with van der Waals surface area (Å²) in [5.74, 6) is 5.42. The number of thiophene rings is 1. The number of rotatable bonds is 5. The quantitative estimate of drug-likeness (QED) is 0.658. The van der Waals surface area contributed by atoms with Crippen LogP contribution in [0, 0.1) is 5.82 Å². The smallest absolute Gasteiger partial charge is 0.168 e. The fourth-order valence-electron chi connectivity index (χ4n) is 1.85. The van der Waals surface area contributed by atoms with E-state index in [-0.39, 0.29) is 17.6 Å². The number of hydrogen-bond acceptors (Lipinski definition) is 4. The molecule has 19 heavy (non-hydrogen) atoms. The molecule has 3 nitrogen and oxygen atoms in total. The molecule has 0 saturated carbocycles. The van der Waals surface area contributed by atoms with Crippen LogP contribution in [0.15, 0.2) is 30.3 Å². The molecule has 1 heterocycles. The van der Waals surface area contributed by atoms with Gasteiger partial charge in [0.25, 0.3) is 0 Å². The predicted molar refractivity (Wildman–Crippen MR) is 76.0 cm³/mol. The van der Waals surface area contributed by atoms with Crippen molar-refractivity contribution in [2.24, 2.45) is 5.84 Å². The van der Waals surface area contributed by atoms with Crippen LogP contribution in [-0.2, 0) is 6.42 Å². The van der Waals surface area contributed by atoms with Gasteiger partial charge in [0.2, 0.25) is 0 Å². The van der Waals surface area contributed by atoms with E-state index in [9.17, 15) is 4.39 Å². The number of benzene rings is 1. The molecule has 1 unspecified atom stereocenters. The second kappa shape index (κ2) is 6.34. The molecule has 0 aliphatic carbocycles. The van der Waals surface area contributed by atoms with Crippen LogP contribution in [0.3, 0.4) is 0 Å². The summed E-state index contributed by atoms with van der Waals surface area (Å²) in [5.41, 5.74) is 3.24. The number of nitrogens with one attached hydrogen (secondary N) is 1. The number of halogens is 2. The largest absolute Gasteiger partial charge is 0.494 e. The first-order valence-electron chi connectivity index (χ1n) is 5.68. The lowest BCUT2D eigenvalue weighted by Gasteiger charge is -2.15. The third kappa shape index (κ3) is 3.25. The van der Waals surface area contributed by atoms with Gasteiger partial charge in [-0.25, -0.2) is 4.39 Å². The Hall–Kier alpha value is -1.14. The molecule has 0 radical (unpaired) electrons. The lowest BCUT2D eigenvalue weighted by Crippen LogP contribution is -2.29. The summed E-state index contributed by atoms with van der Waals surface area (Å²) in [7, 11) is 1.44. The summed E-state index contributed by atoms with van der Waals surface area (Å²) >= 11 is 7.32. The molecule has 0 bridgehead atoms. The third-order valence-corrected chi connectivity index (χ3v) is 4.17. The number of hydrogen-bond donors (Lipinski definition) is 2. The molecular weight excluding hydrogens is 287 g/mol. The molecule has 0 fully saturated rings. The summed E-state index contributed by atoms with van der Waals surface area (Å²) in [6.07, 6.45) is 0.427. The average molecular weight is 301 g/mol. The fourth-order valence-corrected chi connectivity index (χ4v) is 2.97. The average Bonchev–Trinajstić information content (AvgIpc) is 2.84. The first-order chi connectivity index (χ1) is 9.15. The summed E-state index contributed by atoms with van der Waals surface area (Å²) in [6.45, 7) is 0. The minimum absolute atomic E-state index is 0.181. The maximum Gasteiger partial charge on any atom is 0.168 e. The molecule has 0 spiro atoms. The summed E-state index contributed by atoms with van der Waals surface area (Å²) in [4.78, 5) is 0.967. The molecule has 0 aliphatic heterocycles. The van der Waals surface area contributed by atoms with E-state index in [1.807, 2.05) is 6.07 Å². The molecule has 0 saturated heterocycles. The highest BCUT2D eigenvalue weighted by Gasteiger charge is 2.17. The highest BCUT2D eigenvalue weighted by Crippen LogP contribution is 2.30. The number of nitrogens with two attached hydrogens (primary N) is 1. The van der Waals surface area contributed by atoms with E-state index >= 15 is 0 Å². The number of methoxy groups -OCH3 is 1. The van der Waals surface area contributed by atoms with Crippen LogP contribution >= 0.6 is 22.9 Å². The van der Waals surface area contributed by atoms with Crippen molar-refractivity contribution in [1.29, 1.82) is 0 Å². The van der Waals surface area contributed by atoms with Crippen LogP contribution in [-0.4, -0.2) is 7.11 Å².